The van der Waals surface area contributed by atoms with Crippen molar-refractivity contribution in [3.8, 4) is 0 Å². The normalized spacial score (nSPS) is 11.3. The molecule has 0 aromatic carbocycles. The van der Waals surface area contributed by atoms with Gasteiger partial charge in [0.25, 0.3) is 0 Å². The number of aliphatic imine (C=N–C) groups is 1. The summed E-state index contributed by atoms with van der Waals surface area (Å²) in [5, 5.41) is 18.9. The van der Waals surface area contributed by atoms with E-state index in [1.165, 1.54) is 0 Å². The van der Waals surface area contributed by atoms with Gasteiger partial charge < -0.3 is 10.6 Å². The number of nitrogens with zero attached hydrogens (tertiary/aromatic N) is 6. The minimum atomic E-state index is 0. The van der Waals surface area contributed by atoms with Crippen LogP contribution >= 0.6 is 24.0 Å². The molecule has 23 heavy (non-hydrogen) atoms. The first-order valence-corrected chi connectivity index (χ1v) is 6.98. The van der Waals surface area contributed by atoms with E-state index >= 15 is 0 Å². The Bertz CT molecular complexity index is 791. The van der Waals surface area contributed by atoms with Crippen molar-refractivity contribution >= 4 is 35.6 Å². The summed E-state index contributed by atoms with van der Waals surface area (Å²) < 4.78 is 3.77. The third kappa shape index (κ3) is 3.97. The molecule has 0 bridgehead atoms. The summed E-state index contributed by atoms with van der Waals surface area (Å²) in [6.45, 7) is 1.19. The minimum absolute atomic E-state index is 0. The van der Waals surface area contributed by atoms with Gasteiger partial charge in [0, 0.05) is 26.5 Å². The molecular weight excluding hydrogens is 407 g/mol. The van der Waals surface area contributed by atoms with Gasteiger partial charge in [0.05, 0.1) is 18.8 Å². The van der Waals surface area contributed by atoms with Gasteiger partial charge in [-0.1, -0.05) is 6.07 Å². The van der Waals surface area contributed by atoms with E-state index in [-0.39, 0.29) is 24.0 Å². The monoisotopic (exact) mass is 426 g/mol. The zero-order chi connectivity index (χ0) is 15.4. The van der Waals surface area contributed by atoms with Gasteiger partial charge in [0.2, 0.25) is 0 Å². The van der Waals surface area contributed by atoms with Gasteiger partial charge >= 0.3 is 0 Å². The van der Waals surface area contributed by atoms with E-state index in [2.05, 4.69) is 30.9 Å². The highest BCUT2D eigenvalue weighted by molar-refractivity contribution is 14.0. The zero-order valence-corrected chi connectivity index (χ0v) is 15.3. The van der Waals surface area contributed by atoms with Gasteiger partial charge in [-0.25, -0.2) is 0 Å². The molecule has 2 N–H and O–H groups in total. The molecule has 0 saturated carbocycles. The Morgan fingerprint density at radius 2 is 2.00 bits per heavy atom. The van der Waals surface area contributed by atoms with Gasteiger partial charge in [-0.2, -0.15) is 5.10 Å². The van der Waals surface area contributed by atoms with Crippen molar-refractivity contribution in [2.24, 2.45) is 12.0 Å². The Labute approximate surface area is 151 Å². The molecule has 0 fully saturated rings. The molecule has 0 unspecified atom stereocenters. The number of halogens is 1. The van der Waals surface area contributed by atoms with Crippen LogP contribution in [-0.4, -0.2) is 37.4 Å². The highest BCUT2D eigenvalue weighted by Gasteiger charge is 2.06. The third-order valence-electron chi connectivity index (χ3n) is 3.38. The maximum absolute atomic E-state index is 4.20. The number of fused-ring (bicyclic) bond motifs is 1. The SMILES string of the molecule is CN=C(NCc1ccnn1C)NCc1nnc2ccccn12.I. The number of rotatable bonds is 4. The summed E-state index contributed by atoms with van der Waals surface area (Å²) in [7, 11) is 3.65. The molecule has 0 aliphatic carbocycles. The zero-order valence-electron chi connectivity index (χ0n) is 13.0. The lowest BCUT2D eigenvalue weighted by Crippen LogP contribution is -2.37. The van der Waals surface area contributed by atoms with Crippen LogP contribution in [0.1, 0.15) is 11.5 Å². The summed E-state index contributed by atoms with van der Waals surface area (Å²) in [5.41, 5.74) is 1.91. The standard InChI is InChI=1S/C14H18N8.HI/c1-15-14(16-9-11-6-7-18-21(11)2)17-10-13-20-19-12-5-3-4-8-22(12)13;/h3-8H,9-10H2,1-2H3,(H2,15,16,17);1H. The molecule has 3 heterocycles. The quantitative estimate of drug-likeness (QED) is 0.369. The molecule has 3 aromatic rings. The van der Waals surface area contributed by atoms with Crippen molar-refractivity contribution in [2.75, 3.05) is 7.05 Å². The number of hydrogen-bond acceptors (Lipinski definition) is 4. The predicted octanol–water partition coefficient (Wildman–Crippen LogP) is 0.946. The van der Waals surface area contributed by atoms with Gasteiger partial charge in [-0.3, -0.25) is 14.1 Å². The molecule has 8 nitrogen and oxygen atoms in total. The second kappa shape index (κ2) is 7.90. The van der Waals surface area contributed by atoms with E-state index in [0.29, 0.717) is 19.0 Å². The van der Waals surface area contributed by atoms with Crippen LogP contribution in [0, 0.1) is 0 Å². The lowest BCUT2D eigenvalue weighted by molar-refractivity contribution is 0.681. The van der Waals surface area contributed by atoms with Crippen molar-refractivity contribution < 1.29 is 0 Å². The molecule has 0 amide bonds. The fraction of sp³-hybridized carbons (Fsp3) is 0.286. The molecule has 0 aliphatic heterocycles. The third-order valence-corrected chi connectivity index (χ3v) is 3.38. The first-order chi connectivity index (χ1) is 10.8. The number of aryl methyl sites for hydroxylation is 1. The Balaban J connectivity index is 0.00000192. The van der Waals surface area contributed by atoms with E-state index in [1.54, 1.807) is 13.2 Å². The van der Waals surface area contributed by atoms with Crippen LogP contribution in [0.3, 0.4) is 0 Å². The summed E-state index contributed by atoms with van der Waals surface area (Å²) >= 11 is 0. The van der Waals surface area contributed by atoms with Crippen molar-refractivity contribution in [1.29, 1.82) is 0 Å². The van der Waals surface area contributed by atoms with E-state index < -0.39 is 0 Å². The molecule has 0 atom stereocenters. The highest BCUT2D eigenvalue weighted by Crippen LogP contribution is 2.02. The number of hydrogen-bond donors (Lipinski definition) is 2. The molecule has 3 rings (SSSR count). The van der Waals surface area contributed by atoms with Crippen molar-refractivity contribution in [3.05, 3.63) is 48.2 Å². The molecule has 0 spiro atoms. The van der Waals surface area contributed by atoms with E-state index in [4.69, 9.17) is 0 Å². The lowest BCUT2D eigenvalue weighted by atomic mass is 10.4. The topological polar surface area (TPSA) is 84.4 Å². The fourth-order valence-corrected chi connectivity index (χ4v) is 2.14. The molecule has 0 aliphatic rings. The molecule has 0 radical (unpaired) electrons. The Morgan fingerprint density at radius 1 is 1.17 bits per heavy atom. The fourth-order valence-electron chi connectivity index (χ4n) is 2.14. The van der Waals surface area contributed by atoms with Gasteiger partial charge in [-0.05, 0) is 18.2 Å². The Morgan fingerprint density at radius 3 is 2.74 bits per heavy atom. The summed E-state index contributed by atoms with van der Waals surface area (Å²) in [6, 6.07) is 7.78. The number of pyridine rings is 1. The van der Waals surface area contributed by atoms with Gasteiger partial charge in [0.1, 0.15) is 0 Å². The van der Waals surface area contributed by atoms with E-state index in [0.717, 1.165) is 17.2 Å². The molecular formula is C14H19IN8. The molecule has 3 aromatic heterocycles. The maximum Gasteiger partial charge on any atom is 0.191 e. The maximum atomic E-state index is 4.20. The molecule has 9 heteroatoms. The average molecular weight is 426 g/mol. The first-order valence-electron chi connectivity index (χ1n) is 6.98. The average Bonchev–Trinajstić information content (AvgIpc) is 3.14. The lowest BCUT2D eigenvalue weighted by Gasteiger charge is -2.11. The van der Waals surface area contributed by atoms with Crippen LogP contribution < -0.4 is 10.6 Å². The van der Waals surface area contributed by atoms with Crippen LogP contribution in [0.4, 0.5) is 0 Å². The van der Waals surface area contributed by atoms with Gasteiger partial charge in [0.15, 0.2) is 17.4 Å². The summed E-state index contributed by atoms with van der Waals surface area (Å²) in [5.74, 6) is 1.54. The largest absolute Gasteiger partial charge is 0.351 e. The van der Waals surface area contributed by atoms with Crippen LogP contribution in [0.15, 0.2) is 41.7 Å². The van der Waals surface area contributed by atoms with Crippen molar-refractivity contribution in [3.63, 3.8) is 0 Å². The van der Waals surface area contributed by atoms with Crippen LogP contribution in [0.5, 0.6) is 0 Å². The molecule has 0 saturated heterocycles. The predicted molar refractivity (Wildman–Crippen MR) is 98.6 cm³/mol. The van der Waals surface area contributed by atoms with E-state index in [1.807, 2.05) is 46.6 Å². The Hall–Kier alpha value is -2.17. The number of nitrogens with one attached hydrogen (secondary N) is 2. The summed E-state index contributed by atoms with van der Waals surface area (Å²) in [4.78, 5) is 4.20. The van der Waals surface area contributed by atoms with Crippen molar-refractivity contribution in [1.82, 2.24) is 35.0 Å². The number of aromatic nitrogens is 5. The second-order valence-electron chi connectivity index (χ2n) is 4.77. The Kier molecular flexibility index (Phi) is 5.90. The minimum Gasteiger partial charge on any atom is -0.351 e. The second-order valence-corrected chi connectivity index (χ2v) is 4.77. The van der Waals surface area contributed by atoms with Crippen LogP contribution in [0.2, 0.25) is 0 Å². The number of guanidine groups is 1. The van der Waals surface area contributed by atoms with Crippen LogP contribution in [0.25, 0.3) is 5.65 Å². The van der Waals surface area contributed by atoms with E-state index in [9.17, 15) is 0 Å². The highest BCUT2D eigenvalue weighted by atomic mass is 127. The van der Waals surface area contributed by atoms with Crippen molar-refractivity contribution in [2.45, 2.75) is 13.1 Å². The van der Waals surface area contributed by atoms with Gasteiger partial charge in [-0.15, -0.1) is 34.2 Å². The summed E-state index contributed by atoms with van der Waals surface area (Å²) in [6.07, 6.45) is 3.72. The molecule has 122 valence electrons. The van der Waals surface area contributed by atoms with Crippen LogP contribution in [-0.2, 0) is 20.1 Å². The first kappa shape index (κ1) is 17.2. The smallest absolute Gasteiger partial charge is 0.191 e.